The molecule has 5 heteroatoms. The van der Waals surface area contributed by atoms with Crippen LogP contribution in [0.1, 0.15) is 64.8 Å². The summed E-state index contributed by atoms with van der Waals surface area (Å²) >= 11 is 0. The van der Waals surface area contributed by atoms with Crippen molar-refractivity contribution in [3.8, 4) is 0 Å². The van der Waals surface area contributed by atoms with Crippen LogP contribution in [-0.2, 0) is 4.74 Å². The lowest BCUT2D eigenvalue weighted by molar-refractivity contribution is 0.0204. The number of H-pyrrole nitrogens is 1. The number of nitrogens with zero attached hydrogens (tertiary/aromatic N) is 2. The maximum Gasteiger partial charge on any atom is 0.410 e. The summed E-state index contributed by atoms with van der Waals surface area (Å²) in [6.07, 6.45) is 1.69. The van der Waals surface area contributed by atoms with Gasteiger partial charge in [0.15, 0.2) is 0 Å². The normalized spacial score (nSPS) is 16.2. The van der Waals surface area contributed by atoms with Gasteiger partial charge in [-0.1, -0.05) is 13.8 Å². The number of likely N-dealkylation sites (tertiary alicyclic amines) is 1. The first-order chi connectivity index (χ1) is 9.85. The molecule has 1 aromatic heterocycles. The molecule has 0 aromatic carbocycles. The summed E-state index contributed by atoms with van der Waals surface area (Å²) in [5, 5.41) is 7.28. The first-order valence-electron chi connectivity index (χ1n) is 7.85. The van der Waals surface area contributed by atoms with Gasteiger partial charge in [0.1, 0.15) is 5.60 Å². The molecule has 1 aromatic rings. The van der Waals surface area contributed by atoms with E-state index in [1.165, 1.54) is 0 Å². The molecule has 2 rings (SSSR count). The number of rotatable bonds is 1. The predicted octanol–water partition coefficient (Wildman–Crippen LogP) is 3.86. The van der Waals surface area contributed by atoms with E-state index >= 15 is 0 Å². The lowest BCUT2D eigenvalue weighted by atomic mass is 9.94. The summed E-state index contributed by atoms with van der Waals surface area (Å²) in [5.74, 6) is 0.448. The summed E-state index contributed by atoms with van der Waals surface area (Å²) in [5.41, 5.74) is 1.78. The van der Waals surface area contributed by atoms with Crippen molar-refractivity contribution in [2.75, 3.05) is 13.1 Å². The third kappa shape index (κ3) is 5.40. The van der Waals surface area contributed by atoms with Gasteiger partial charge in [0.2, 0.25) is 0 Å². The third-order valence-electron chi connectivity index (χ3n) is 3.29. The van der Waals surface area contributed by atoms with Crippen LogP contribution in [0.15, 0.2) is 6.07 Å². The average molecular weight is 295 g/mol. The molecule has 0 unspecified atom stereocenters. The lowest BCUT2D eigenvalue weighted by Crippen LogP contribution is -2.41. The van der Waals surface area contributed by atoms with Crippen LogP contribution in [0.3, 0.4) is 0 Å². The Bertz CT molecular complexity index is 441. The van der Waals surface area contributed by atoms with E-state index in [0.29, 0.717) is 5.92 Å². The van der Waals surface area contributed by atoms with Crippen molar-refractivity contribution in [2.45, 2.75) is 65.9 Å². The second-order valence-electron chi connectivity index (χ2n) is 6.22. The van der Waals surface area contributed by atoms with Crippen molar-refractivity contribution in [2.24, 2.45) is 0 Å². The molecule has 5 nitrogen and oxygen atoms in total. The fourth-order valence-corrected chi connectivity index (χ4v) is 2.33. The molecule has 1 fully saturated rings. The molecule has 1 aliphatic rings. The van der Waals surface area contributed by atoms with E-state index in [4.69, 9.17) is 4.74 Å². The number of aromatic amines is 1. The van der Waals surface area contributed by atoms with Crippen LogP contribution < -0.4 is 0 Å². The van der Waals surface area contributed by atoms with E-state index in [1.807, 2.05) is 41.5 Å². The van der Waals surface area contributed by atoms with E-state index < -0.39 is 5.60 Å². The van der Waals surface area contributed by atoms with E-state index in [-0.39, 0.29) is 6.09 Å². The SMILES string of the molecule is CC.Cc1cc(C2CCN(C(=O)OC(C)(C)C)CC2)n[nH]1. The molecular formula is C16H29N3O2. The minimum absolute atomic E-state index is 0.204. The summed E-state index contributed by atoms with van der Waals surface area (Å²) < 4.78 is 5.39. The topological polar surface area (TPSA) is 58.2 Å². The Morgan fingerprint density at radius 2 is 1.90 bits per heavy atom. The molecule has 1 amide bonds. The van der Waals surface area contributed by atoms with E-state index in [1.54, 1.807) is 4.90 Å². The van der Waals surface area contributed by atoms with E-state index in [2.05, 4.69) is 16.3 Å². The van der Waals surface area contributed by atoms with Gasteiger partial charge in [-0.05, 0) is 46.6 Å². The third-order valence-corrected chi connectivity index (χ3v) is 3.29. The highest BCUT2D eigenvalue weighted by Crippen LogP contribution is 2.27. The first-order valence-corrected chi connectivity index (χ1v) is 7.85. The van der Waals surface area contributed by atoms with Crippen molar-refractivity contribution in [1.82, 2.24) is 15.1 Å². The molecule has 1 aliphatic heterocycles. The number of amides is 1. The summed E-state index contributed by atoms with van der Waals surface area (Å²) in [4.78, 5) is 13.7. The minimum atomic E-state index is -0.423. The molecule has 0 saturated carbocycles. The highest BCUT2D eigenvalue weighted by atomic mass is 16.6. The van der Waals surface area contributed by atoms with Gasteiger partial charge in [0.05, 0.1) is 5.69 Å². The minimum Gasteiger partial charge on any atom is -0.444 e. The molecule has 0 aliphatic carbocycles. The van der Waals surface area contributed by atoms with Crippen molar-refractivity contribution >= 4 is 6.09 Å². The number of carbonyl (C=O) groups is 1. The quantitative estimate of drug-likeness (QED) is 0.856. The lowest BCUT2D eigenvalue weighted by Gasteiger charge is -2.32. The smallest absolute Gasteiger partial charge is 0.410 e. The second-order valence-corrected chi connectivity index (χ2v) is 6.22. The van der Waals surface area contributed by atoms with E-state index in [9.17, 15) is 4.79 Å². The molecule has 0 radical (unpaired) electrons. The Morgan fingerprint density at radius 1 is 1.33 bits per heavy atom. The van der Waals surface area contributed by atoms with E-state index in [0.717, 1.165) is 37.3 Å². The van der Waals surface area contributed by atoms with Crippen molar-refractivity contribution < 1.29 is 9.53 Å². The molecule has 0 spiro atoms. The Morgan fingerprint density at radius 3 is 2.33 bits per heavy atom. The van der Waals surface area contributed by atoms with Crippen molar-refractivity contribution in [3.63, 3.8) is 0 Å². The first kappa shape index (κ1) is 17.5. The summed E-state index contributed by atoms with van der Waals surface area (Å²) in [6.45, 7) is 13.2. The number of aryl methyl sites for hydroxylation is 1. The van der Waals surface area contributed by atoms with Crippen LogP contribution in [-0.4, -0.2) is 39.9 Å². The highest BCUT2D eigenvalue weighted by molar-refractivity contribution is 5.68. The van der Waals surface area contributed by atoms with Gasteiger partial charge in [-0.25, -0.2) is 4.79 Å². The number of carbonyl (C=O) groups excluding carboxylic acids is 1. The highest BCUT2D eigenvalue weighted by Gasteiger charge is 2.28. The summed E-state index contributed by atoms with van der Waals surface area (Å²) in [6, 6.07) is 2.09. The zero-order valence-corrected chi connectivity index (χ0v) is 14.2. The molecule has 1 saturated heterocycles. The van der Waals surface area contributed by atoms with Gasteiger partial charge in [-0.3, -0.25) is 5.10 Å². The monoisotopic (exact) mass is 295 g/mol. The number of hydrogen-bond donors (Lipinski definition) is 1. The Hall–Kier alpha value is -1.52. The standard InChI is InChI=1S/C14H23N3O2.C2H6/c1-10-9-12(16-15-10)11-5-7-17(8-6-11)13(18)19-14(2,3)4;1-2/h9,11H,5-8H2,1-4H3,(H,15,16);1-2H3. The van der Waals surface area contributed by atoms with Crippen LogP contribution in [0.5, 0.6) is 0 Å². The zero-order valence-electron chi connectivity index (χ0n) is 14.2. The maximum absolute atomic E-state index is 11.9. The number of piperidine rings is 1. The van der Waals surface area contributed by atoms with Gasteiger partial charge in [-0.15, -0.1) is 0 Å². The van der Waals surface area contributed by atoms with Crippen LogP contribution >= 0.6 is 0 Å². The number of ether oxygens (including phenoxy) is 1. The van der Waals surface area contributed by atoms with Crippen LogP contribution in [0.25, 0.3) is 0 Å². The number of nitrogens with one attached hydrogen (secondary N) is 1. The van der Waals surface area contributed by atoms with Gasteiger partial charge in [0, 0.05) is 24.7 Å². The van der Waals surface area contributed by atoms with Gasteiger partial charge < -0.3 is 9.64 Å². The van der Waals surface area contributed by atoms with Gasteiger partial charge in [0.25, 0.3) is 0 Å². The molecule has 2 heterocycles. The molecule has 21 heavy (non-hydrogen) atoms. The molecule has 120 valence electrons. The Labute approximate surface area is 128 Å². The Kier molecular flexibility index (Phi) is 6.24. The van der Waals surface area contributed by atoms with Gasteiger partial charge in [-0.2, -0.15) is 5.10 Å². The molecule has 1 N–H and O–H groups in total. The molecular weight excluding hydrogens is 266 g/mol. The number of hydrogen-bond acceptors (Lipinski definition) is 3. The fraction of sp³-hybridized carbons (Fsp3) is 0.750. The van der Waals surface area contributed by atoms with Crippen molar-refractivity contribution in [1.29, 1.82) is 0 Å². The molecule has 0 atom stereocenters. The largest absolute Gasteiger partial charge is 0.444 e. The van der Waals surface area contributed by atoms with Crippen LogP contribution in [0.4, 0.5) is 4.79 Å². The fourth-order valence-electron chi connectivity index (χ4n) is 2.33. The Balaban J connectivity index is 0.00000106. The molecule has 0 bridgehead atoms. The zero-order chi connectivity index (χ0) is 16.0. The second kappa shape index (κ2) is 7.48. The number of aromatic nitrogens is 2. The predicted molar refractivity (Wildman–Crippen MR) is 84.5 cm³/mol. The van der Waals surface area contributed by atoms with Crippen LogP contribution in [0, 0.1) is 6.92 Å². The average Bonchev–Trinajstić information content (AvgIpc) is 2.86. The van der Waals surface area contributed by atoms with Crippen LogP contribution in [0.2, 0.25) is 0 Å². The van der Waals surface area contributed by atoms with Crippen molar-refractivity contribution in [3.05, 3.63) is 17.5 Å². The van der Waals surface area contributed by atoms with Gasteiger partial charge >= 0.3 is 6.09 Å². The summed E-state index contributed by atoms with van der Waals surface area (Å²) in [7, 11) is 0. The maximum atomic E-state index is 11.9.